The lowest BCUT2D eigenvalue weighted by Gasteiger charge is -2.25. The average Bonchev–Trinajstić information content (AvgIpc) is 3.36. The van der Waals surface area contributed by atoms with Crippen LogP contribution in [0.3, 0.4) is 0 Å². The van der Waals surface area contributed by atoms with E-state index in [9.17, 15) is 9.59 Å². The van der Waals surface area contributed by atoms with Crippen LogP contribution in [0, 0.1) is 0 Å². The molecule has 0 saturated carbocycles. The van der Waals surface area contributed by atoms with Crippen LogP contribution >= 0.6 is 0 Å². The number of nitrogens with zero attached hydrogens (tertiary/aromatic N) is 1. The highest BCUT2D eigenvalue weighted by Crippen LogP contribution is 2.14. The Morgan fingerprint density at radius 3 is 2.48 bits per heavy atom. The van der Waals surface area contributed by atoms with Crippen molar-refractivity contribution in [1.29, 1.82) is 0 Å². The molecule has 2 aliphatic heterocycles. The van der Waals surface area contributed by atoms with Gasteiger partial charge in [-0.25, -0.2) is 4.79 Å². The van der Waals surface area contributed by atoms with Crippen LogP contribution in [-0.4, -0.2) is 62.9 Å². The van der Waals surface area contributed by atoms with Gasteiger partial charge in [0, 0.05) is 18.7 Å². The van der Waals surface area contributed by atoms with Gasteiger partial charge in [0.15, 0.2) is 0 Å². The molecular weight excluding hydrogens is 274 g/mol. The fourth-order valence-corrected chi connectivity index (χ4v) is 1.67. The molecule has 118 valence electrons. The zero-order valence-electron chi connectivity index (χ0n) is 12.7. The predicted molar refractivity (Wildman–Crippen MR) is 77.7 cm³/mol. The number of amides is 1. The highest BCUT2D eigenvalue weighted by Gasteiger charge is 2.20. The summed E-state index contributed by atoms with van der Waals surface area (Å²) in [4.78, 5) is 23.5. The molecule has 0 spiro atoms. The van der Waals surface area contributed by atoms with Crippen LogP contribution in [0.25, 0.3) is 0 Å². The molecule has 2 saturated heterocycles. The number of hydrogen-bond acceptors (Lipinski definition) is 5. The number of esters is 1. The fourth-order valence-electron chi connectivity index (χ4n) is 1.67. The van der Waals surface area contributed by atoms with Crippen molar-refractivity contribution in [3.8, 4) is 0 Å². The Balaban J connectivity index is 0.000000211. The summed E-state index contributed by atoms with van der Waals surface area (Å²) in [6, 6.07) is 0. The Hall–Kier alpha value is -1.66. The molecule has 2 fully saturated rings. The molecular formula is C15H23NO5. The second kappa shape index (κ2) is 9.31. The van der Waals surface area contributed by atoms with Crippen molar-refractivity contribution in [2.45, 2.75) is 19.4 Å². The highest BCUT2D eigenvalue weighted by atomic mass is 16.6. The van der Waals surface area contributed by atoms with Crippen molar-refractivity contribution in [3.63, 3.8) is 0 Å². The maximum Gasteiger partial charge on any atom is 0.333 e. The SMILES string of the molecule is C=CC(=O)N1CCOCC1.COC(=O)C(C)=CCC1CO1. The predicted octanol–water partition coefficient (Wildman–Crippen LogP) is 0.926. The summed E-state index contributed by atoms with van der Waals surface area (Å²) >= 11 is 0. The lowest BCUT2D eigenvalue weighted by molar-refractivity contribution is -0.136. The summed E-state index contributed by atoms with van der Waals surface area (Å²) in [6.07, 6.45) is 4.35. The number of carbonyl (C=O) groups is 2. The second-order valence-corrected chi connectivity index (χ2v) is 4.71. The van der Waals surface area contributed by atoms with Gasteiger partial charge in [-0.3, -0.25) is 4.79 Å². The van der Waals surface area contributed by atoms with E-state index in [-0.39, 0.29) is 11.9 Å². The minimum absolute atomic E-state index is 0.00306. The third-order valence-corrected chi connectivity index (χ3v) is 3.09. The van der Waals surface area contributed by atoms with Crippen LogP contribution in [0.5, 0.6) is 0 Å². The Labute approximate surface area is 125 Å². The van der Waals surface area contributed by atoms with Gasteiger partial charge < -0.3 is 19.1 Å². The van der Waals surface area contributed by atoms with Crippen molar-refractivity contribution < 1.29 is 23.8 Å². The lowest BCUT2D eigenvalue weighted by Crippen LogP contribution is -2.39. The largest absolute Gasteiger partial charge is 0.466 e. The zero-order chi connectivity index (χ0) is 15.7. The van der Waals surface area contributed by atoms with Crippen molar-refractivity contribution in [3.05, 3.63) is 24.3 Å². The van der Waals surface area contributed by atoms with Crippen LogP contribution < -0.4 is 0 Å². The molecule has 0 aromatic rings. The van der Waals surface area contributed by atoms with Gasteiger partial charge in [0.05, 0.1) is 33.0 Å². The molecule has 0 N–H and O–H groups in total. The molecule has 0 aromatic carbocycles. The average molecular weight is 297 g/mol. The normalized spacial score (nSPS) is 21.0. The first kappa shape index (κ1) is 17.4. The van der Waals surface area contributed by atoms with Crippen LogP contribution in [0.1, 0.15) is 13.3 Å². The number of methoxy groups -OCH3 is 1. The Bertz CT molecular complexity index is 395. The van der Waals surface area contributed by atoms with Gasteiger partial charge in [0.25, 0.3) is 0 Å². The second-order valence-electron chi connectivity index (χ2n) is 4.71. The summed E-state index contributed by atoms with van der Waals surface area (Å²) in [5.74, 6) is -0.256. The van der Waals surface area contributed by atoms with Crippen LogP contribution in [-0.2, 0) is 23.8 Å². The first-order valence-corrected chi connectivity index (χ1v) is 6.94. The van der Waals surface area contributed by atoms with E-state index in [4.69, 9.17) is 9.47 Å². The van der Waals surface area contributed by atoms with E-state index in [2.05, 4.69) is 11.3 Å². The van der Waals surface area contributed by atoms with Crippen molar-refractivity contribution in [2.24, 2.45) is 0 Å². The van der Waals surface area contributed by atoms with Gasteiger partial charge in [-0.15, -0.1) is 0 Å². The molecule has 6 heteroatoms. The molecule has 1 amide bonds. The summed E-state index contributed by atoms with van der Waals surface area (Å²) in [5.41, 5.74) is 0.656. The van der Waals surface area contributed by atoms with E-state index in [0.717, 1.165) is 13.0 Å². The van der Waals surface area contributed by atoms with E-state index in [1.54, 1.807) is 11.8 Å². The van der Waals surface area contributed by atoms with Crippen molar-refractivity contribution >= 4 is 11.9 Å². The maximum atomic E-state index is 10.9. The Morgan fingerprint density at radius 1 is 1.38 bits per heavy atom. The van der Waals surface area contributed by atoms with Gasteiger partial charge in [-0.05, 0) is 19.4 Å². The smallest absolute Gasteiger partial charge is 0.333 e. The van der Waals surface area contributed by atoms with Crippen LogP contribution in [0.15, 0.2) is 24.3 Å². The summed E-state index contributed by atoms with van der Waals surface area (Å²) in [5, 5.41) is 0. The highest BCUT2D eigenvalue weighted by molar-refractivity contribution is 5.87. The van der Waals surface area contributed by atoms with Crippen LogP contribution in [0.2, 0.25) is 0 Å². The zero-order valence-corrected chi connectivity index (χ0v) is 12.7. The van der Waals surface area contributed by atoms with Gasteiger partial charge in [-0.1, -0.05) is 12.7 Å². The molecule has 0 radical (unpaired) electrons. The molecule has 1 atom stereocenters. The van der Waals surface area contributed by atoms with E-state index >= 15 is 0 Å². The molecule has 6 nitrogen and oxygen atoms in total. The topological polar surface area (TPSA) is 68.4 Å². The number of epoxide rings is 1. The molecule has 0 bridgehead atoms. The minimum Gasteiger partial charge on any atom is -0.466 e. The summed E-state index contributed by atoms with van der Waals surface area (Å²) in [7, 11) is 1.38. The summed E-state index contributed by atoms with van der Waals surface area (Å²) in [6.45, 7) is 8.68. The Kier molecular flexibility index (Phi) is 7.71. The number of carbonyl (C=O) groups excluding carboxylic acids is 2. The quantitative estimate of drug-likeness (QED) is 0.438. The molecule has 0 aromatic heterocycles. The first-order chi connectivity index (χ1) is 10.1. The summed E-state index contributed by atoms with van der Waals surface area (Å²) < 4.78 is 14.6. The maximum absolute atomic E-state index is 10.9. The lowest BCUT2D eigenvalue weighted by atomic mass is 10.2. The minimum atomic E-state index is -0.259. The number of ether oxygens (including phenoxy) is 3. The molecule has 2 heterocycles. The monoisotopic (exact) mass is 297 g/mol. The van der Waals surface area contributed by atoms with Gasteiger partial charge in [0.1, 0.15) is 0 Å². The molecule has 21 heavy (non-hydrogen) atoms. The first-order valence-electron chi connectivity index (χ1n) is 6.94. The van der Waals surface area contributed by atoms with Gasteiger partial charge in [0.2, 0.25) is 5.91 Å². The fraction of sp³-hybridized carbons (Fsp3) is 0.600. The molecule has 0 aliphatic carbocycles. The van der Waals surface area contributed by atoms with Crippen molar-refractivity contribution in [1.82, 2.24) is 4.90 Å². The number of hydrogen-bond donors (Lipinski definition) is 0. The van der Waals surface area contributed by atoms with E-state index in [1.165, 1.54) is 13.2 Å². The third kappa shape index (κ3) is 7.06. The number of rotatable bonds is 4. The molecule has 1 unspecified atom stereocenters. The molecule has 2 aliphatic rings. The van der Waals surface area contributed by atoms with E-state index in [1.807, 2.05) is 6.08 Å². The van der Waals surface area contributed by atoms with E-state index in [0.29, 0.717) is 38.0 Å². The van der Waals surface area contributed by atoms with Crippen molar-refractivity contribution in [2.75, 3.05) is 40.0 Å². The standard InChI is InChI=1S/C8H12O3.C7H11NO2/c1-6(8(9)10-2)3-4-7-5-11-7;1-2-7(9)8-3-5-10-6-4-8/h3,7H,4-5H2,1-2H3;2H,1,3-6H2. The van der Waals surface area contributed by atoms with Gasteiger partial charge in [-0.2, -0.15) is 0 Å². The van der Waals surface area contributed by atoms with Gasteiger partial charge >= 0.3 is 5.97 Å². The molecule has 2 rings (SSSR count). The Morgan fingerprint density at radius 2 is 2.00 bits per heavy atom. The number of morpholine rings is 1. The van der Waals surface area contributed by atoms with E-state index < -0.39 is 0 Å². The third-order valence-electron chi connectivity index (χ3n) is 3.09. The van der Waals surface area contributed by atoms with Crippen LogP contribution in [0.4, 0.5) is 0 Å².